The highest BCUT2D eigenvalue weighted by molar-refractivity contribution is 6.10. The highest BCUT2D eigenvalue weighted by atomic mass is 16.2. The van der Waals surface area contributed by atoms with E-state index in [1.54, 1.807) is 30.5 Å². The van der Waals surface area contributed by atoms with Crippen LogP contribution in [0.3, 0.4) is 0 Å². The molecule has 1 aromatic heterocycles. The van der Waals surface area contributed by atoms with E-state index in [9.17, 15) is 4.79 Å². The lowest BCUT2D eigenvalue weighted by molar-refractivity contribution is 0.0766. The van der Waals surface area contributed by atoms with Crippen molar-refractivity contribution in [3.8, 4) is 11.3 Å². The summed E-state index contributed by atoms with van der Waals surface area (Å²) < 4.78 is 0. The minimum absolute atomic E-state index is 0.00582. The van der Waals surface area contributed by atoms with Crippen molar-refractivity contribution in [1.29, 1.82) is 5.41 Å². The zero-order chi connectivity index (χ0) is 23.2. The van der Waals surface area contributed by atoms with Crippen LogP contribution in [0, 0.1) is 5.41 Å². The minimum atomic E-state index is 0.00582. The fraction of sp³-hybridized carbons (Fsp3) is 0.208. The van der Waals surface area contributed by atoms with Gasteiger partial charge in [0.1, 0.15) is 5.69 Å². The van der Waals surface area contributed by atoms with Crippen LogP contribution in [-0.2, 0) is 0 Å². The summed E-state index contributed by atoms with van der Waals surface area (Å²) in [6, 6.07) is 16.3. The van der Waals surface area contributed by atoms with E-state index in [1.807, 2.05) is 35.2 Å². The van der Waals surface area contributed by atoms with Crippen molar-refractivity contribution < 1.29 is 4.79 Å². The maximum absolute atomic E-state index is 12.8. The van der Waals surface area contributed by atoms with Crippen LogP contribution in [-0.4, -0.2) is 58.6 Å². The summed E-state index contributed by atoms with van der Waals surface area (Å²) in [5.41, 5.74) is 14.9. The van der Waals surface area contributed by atoms with Crippen LogP contribution in [0.4, 0.5) is 5.82 Å². The molecule has 0 aliphatic carbocycles. The Bertz CT molecular complexity index is 1170. The van der Waals surface area contributed by atoms with Gasteiger partial charge in [0.05, 0.1) is 11.9 Å². The van der Waals surface area contributed by atoms with E-state index in [0.717, 1.165) is 31.6 Å². The molecule has 0 atom stereocenters. The van der Waals surface area contributed by atoms with Crippen molar-refractivity contribution in [2.75, 3.05) is 31.9 Å². The number of rotatable bonds is 4. The predicted molar refractivity (Wildman–Crippen MR) is 129 cm³/mol. The summed E-state index contributed by atoms with van der Waals surface area (Å²) in [7, 11) is 0. The standard InChI is InChI=1S/C24H26N8O/c25-21(17-5-2-1-3-6-17)31-23(27)20-22(26)29-15-19(30-20)16-7-9-18(10-8-16)24(33)32-13-4-11-28-12-14-32/h1-3,5-10,15,28H,4,11-14H2,(H2,26,29)(H3,25,27,31). The quantitative estimate of drug-likeness (QED) is 0.358. The third-order valence-electron chi connectivity index (χ3n) is 5.38. The summed E-state index contributed by atoms with van der Waals surface area (Å²) in [6.07, 6.45) is 2.49. The van der Waals surface area contributed by atoms with E-state index in [-0.39, 0.29) is 29.1 Å². The summed E-state index contributed by atoms with van der Waals surface area (Å²) in [5, 5.41) is 11.5. The first-order chi connectivity index (χ1) is 16.0. The minimum Gasteiger partial charge on any atom is -0.382 e. The van der Waals surface area contributed by atoms with Gasteiger partial charge in [0.15, 0.2) is 17.5 Å². The third-order valence-corrected chi connectivity index (χ3v) is 5.38. The van der Waals surface area contributed by atoms with E-state index >= 15 is 0 Å². The van der Waals surface area contributed by atoms with Crippen LogP contribution < -0.4 is 16.8 Å². The van der Waals surface area contributed by atoms with Crippen LogP contribution >= 0.6 is 0 Å². The number of carbonyl (C=O) groups excluding carboxylic acids is 1. The number of aromatic nitrogens is 2. The molecule has 4 rings (SSSR count). The zero-order valence-electron chi connectivity index (χ0n) is 18.2. The maximum Gasteiger partial charge on any atom is 0.253 e. The first-order valence-corrected chi connectivity index (χ1v) is 10.7. The summed E-state index contributed by atoms with van der Waals surface area (Å²) in [4.78, 5) is 27.6. The first kappa shape index (κ1) is 22.1. The molecule has 1 amide bonds. The average Bonchev–Trinajstić information content (AvgIpc) is 3.14. The molecule has 33 heavy (non-hydrogen) atoms. The Morgan fingerprint density at radius 1 is 1.03 bits per heavy atom. The third kappa shape index (κ3) is 5.21. The monoisotopic (exact) mass is 442 g/mol. The molecule has 1 aliphatic rings. The number of anilines is 1. The van der Waals surface area contributed by atoms with Gasteiger partial charge in [0.2, 0.25) is 0 Å². The number of carbonyl (C=O) groups is 1. The van der Waals surface area contributed by atoms with Gasteiger partial charge in [-0.2, -0.15) is 0 Å². The largest absolute Gasteiger partial charge is 0.382 e. The molecular weight excluding hydrogens is 416 g/mol. The number of amides is 1. The van der Waals surface area contributed by atoms with Gasteiger partial charge in [-0.3, -0.25) is 10.2 Å². The molecule has 6 N–H and O–H groups in total. The molecule has 1 fully saturated rings. The van der Waals surface area contributed by atoms with E-state index < -0.39 is 0 Å². The molecule has 0 saturated carbocycles. The van der Waals surface area contributed by atoms with Crippen molar-refractivity contribution in [3.05, 3.63) is 77.6 Å². The predicted octanol–water partition coefficient (Wildman–Crippen LogP) is 1.89. The van der Waals surface area contributed by atoms with Crippen molar-refractivity contribution in [2.45, 2.75) is 6.42 Å². The van der Waals surface area contributed by atoms with Crippen molar-refractivity contribution in [2.24, 2.45) is 10.7 Å². The number of nitrogens with zero attached hydrogens (tertiary/aromatic N) is 4. The van der Waals surface area contributed by atoms with Crippen molar-refractivity contribution in [1.82, 2.24) is 20.2 Å². The van der Waals surface area contributed by atoms with E-state index in [0.29, 0.717) is 23.4 Å². The van der Waals surface area contributed by atoms with E-state index in [1.165, 1.54) is 0 Å². The highest BCUT2D eigenvalue weighted by Gasteiger charge is 2.17. The topological polar surface area (TPSA) is 146 Å². The van der Waals surface area contributed by atoms with Gasteiger partial charge in [-0.15, -0.1) is 0 Å². The fourth-order valence-corrected chi connectivity index (χ4v) is 3.57. The molecule has 0 radical (unpaired) electrons. The Morgan fingerprint density at radius 2 is 1.79 bits per heavy atom. The number of benzene rings is 2. The molecule has 0 bridgehead atoms. The number of amidine groups is 2. The molecule has 0 spiro atoms. The van der Waals surface area contributed by atoms with Crippen LogP contribution in [0.2, 0.25) is 0 Å². The lowest BCUT2D eigenvalue weighted by Crippen LogP contribution is -2.34. The Kier molecular flexibility index (Phi) is 6.70. The van der Waals surface area contributed by atoms with Gasteiger partial charge >= 0.3 is 0 Å². The number of nitrogens with one attached hydrogen (secondary N) is 2. The number of nitrogen functional groups attached to an aromatic ring is 1. The summed E-state index contributed by atoms with van der Waals surface area (Å²) in [6.45, 7) is 3.18. The lowest BCUT2D eigenvalue weighted by Gasteiger charge is -2.20. The fourth-order valence-electron chi connectivity index (χ4n) is 3.57. The summed E-state index contributed by atoms with van der Waals surface area (Å²) in [5.74, 6) is 0.163. The smallest absolute Gasteiger partial charge is 0.253 e. The average molecular weight is 443 g/mol. The molecule has 2 heterocycles. The SMILES string of the molecule is N=C(N=C(N)c1nc(-c2ccc(C(=O)N3CCCNCC3)cc2)cnc1N)c1ccccc1. The lowest BCUT2D eigenvalue weighted by atomic mass is 10.1. The van der Waals surface area contributed by atoms with Gasteiger partial charge in [-0.05, 0) is 25.1 Å². The first-order valence-electron chi connectivity index (χ1n) is 10.7. The second-order valence-electron chi connectivity index (χ2n) is 7.67. The van der Waals surface area contributed by atoms with E-state index in [4.69, 9.17) is 16.9 Å². The molecule has 0 unspecified atom stereocenters. The Labute approximate surface area is 192 Å². The van der Waals surface area contributed by atoms with Crippen LogP contribution in [0.25, 0.3) is 11.3 Å². The molecule has 9 heteroatoms. The molecule has 168 valence electrons. The summed E-state index contributed by atoms with van der Waals surface area (Å²) >= 11 is 0. The second kappa shape index (κ2) is 10.0. The second-order valence-corrected chi connectivity index (χ2v) is 7.67. The number of nitrogens with two attached hydrogens (primary N) is 2. The van der Waals surface area contributed by atoms with Gasteiger partial charge in [-0.1, -0.05) is 42.5 Å². The number of aliphatic imine (C=N–C) groups is 1. The maximum atomic E-state index is 12.8. The number of hydrogen-bond acceptors (Lipinski definition) is 6. The molecule has 1 aliphatic heterocycles. The van der Waals surface area contributed by atoms with Crippen molar-refractivity contribution in [3.63, 3.8) is 0 Å². The number of hydrogen-bond donors (Lipinski definition) is 4. The zero-order valence-corrected chi connectivity index (χ0v) is 18.2. The van der Waals surface area contributed by atoms with Gasteiger partial charge in [0.25, 0.3) is 5.91 Å². The normalized spacial score (nSPS) is 14.5. The molecule has 9 nitrogen and oxygen atoms in total. The Morgan fingerprint density at radius 3 is 2.55 bits per heavy atom. The van der Waals surface area contributed by atoms with Crippen LogP contribution in [0.5, 0.6) is 0 Å². The van der Waals surface area contributed by atoms with Gasteiger partial charge < -0.3 is 21.7 Å². The Hall–Kier alpha value is -4.11. The van der Waals surface area contributed by atoms with E-state index in [2.05, 4.69) is 20.3 Å². The molecule has 1 saturated heterocycles. The van der Waals surface area contributed by atoms with Crippen LogP contribution in [0.1, 0.15) is 28.0 Å². The Balaban J connectivity index is 1.55. The van der Waals surface area contributed by atoms with Gasteiger partial charge in [0, 0.05) is 36.3 Å². The molecule has 3 aromatic rings. The van der Waals surface area contributed by atoms with Crippen molar-refractivity contribution >= 4 is 23.4 Å². The van der Waals surface area contributed by atoms with Crippen LogP contribution in [0.15, 0.2) is 65.8 Å². The molecule has 2 aromatic carbocycles. The van der Waals surface area contributed by atoms with Gasteiger partial charge in [-0.25, -0.2) is 15.0 Å². The molecular formula is C24H26N8O. The highest BCUT2D eigenvalue weighted by Crippen LogP contribution is 2.20.